The maximum absolute atomic E-state index is 12.3. The number of hydrogen-bond donors (Lipinski definition) is 1. The van der Waals surface area contributed by atoms with Gasteiger partial charge in [0, 0.05) is 19.4 Å². The molecule has 0 spiro atoms. The average Bonchev–Trinajstić information content (AvgIpc) is 2.92. The molecule has 7 heteroatoms. The van der Waals surface area contributed by atoms with Gasteiger partial charge in [0.1, 0.15) is 6.04 Å². The van der Waals surface area contributed by atoms with E-state index in [0.717, 1.165) is 0 Å². The summed E-state index contributed by atoms with van der Waals surface area (Å²) < 4.78 is 33.3. The van der Waals surface area contributed by atoms with Crippen LogP contribution in [-0.4, -0.2) is 26.1 Å². The van der Waals surface area contributed by atoms with Crippen LogP contribution in [0.3, 0.4) is 0 Å². The first-order valence-corrected chi connectivity index (χ1v) is 7.69. The van der Waals surface area contributed by atoms with Crippen molar-refractivity contribution in [3.05, 3.63) is 54.4 Å². The summed E-state index contributed by atoms with van der Waals surface area (Å²) in [4.78, 5) is 12.0. The van der Waals surface area contributed by atoms with Crippen molar-refractivity contribution in [3.63, 3.8) is 0 Å². The topological polar surface area (TPSA) is 77.4 Å². The number of nitrogens with zero attached hydrogens (tertiary/aromatic N) is 1. The third-order valence-electron chi connectivity index (χ3n) is 2.96. The number of benzene rings is 1. The second-order valence-corrected chi connectivity index (χ2v) is 6.21. The molecule has 2 aromatic rings. The molecular weight excluding hydrogens is 292 g/mol. The van der Waals surface area contributed by atoms with E-state index in [1.54, 1.807) is 48.1 Å². The first kappa shape index (κ1) is 15.3. The summed E-state index contributed by atoms with van der Waals surface area (Å²) in [5, 5.41) is 0. The van der Waals surface area contributed by atoms with Crippen molar-refractivity contribution in [2.24, 2.45) is 7.05 Å². The third-order valence-corrected chi connectivity index (χ3v) is 4.37. The molecule has 1 aromatic heterocycles. The molecule has 0 radical (unpaired) electrons. The number of aryl methyl sites for hydroxylation is 1. The molecule has 0 aliphatic heterocycles. The van der Waals surface area contributed by atoms with Gasteiger partial charge >= 0.3 is 5.97 Å². The molecule has 112 valence electrons. The van der Waals surface area contributed by atoms with E-state index in [1.165, 1.54) is 19.4 Å². The van der Waals surface area contributed by atoms with Crippen LogP contribution in [0.5, 0.6) is 0 Å². The zero-order chi connectivity index (χ0) is 15.5. The number of esters is 1. The van der Waals surface area contributed by atoms with E-state index in [1.807, 2.05) is 0 Å². The van der Waals surface area contributed by atoms with Crippen molar-refractivity contribution in [2.45, 2.75) is 10.9 Å². The Morgan fingerprint density at radius 1 is 1.24 bits per heavy atom. The Kier molecular flexibility index (Phi) is 4.44. The summed E-state index contributed by atoms with van der Waals surface area (Å²) in [6, 6.07) is 8.93. The normalized spacial score (nSPS) is 12.9. The van der Waals surface area contributed by atoms with Crippen LogP contribution in [0.25, 0.3) is 0 Å². The first-order chi connectivity index (χ1) is 9.94. The molecule has 0 saturated heterocycles. The van der Waals surface area contributed by atoms with Gasteiger partial charge in [0.15, 0.2) is 0 Å². The Bertz CT molecular complexity index is 722. The molecule has 0 saturated carbocycles. The maximum atomic E-state index is 12.3. The highest BCUT2D eigenvalue weighted by molar-refractivity contribution is 7.89. The highest BCUT2D eigenvalue weighted by Gasteiger charge is 2.28. The number of carbonyl (C=O) groups is 1. The standard InChI is InChI=1S/C14H16N2O4S/c1-16-9-8-12(10-16)21(18,19)15-13(14(17)20-2)11-6-4-3-5-7-11/h3-10,13,15H,1-2H3. The molecule has 6 nitrogen and oxygen atoms in total. The summed E-state index contributed by atoms with van der Waals surface area (Å²) in [5.41, 5.74) is 0.517. The molecule has 1 heterocycles. The smallest absolute Gasteiger partial charge is 0.328 e. The molecule has 1 unspecified atom stereocenters. The zero-order valence-electron chi connectivity index (χ0n) is 11.7. The van der Waals surface area contributed by atoms with Crippen LogP contribution in [0.2, 0.25) is 0 Å². The van der Waals surface area contributed by atoms with Crippen LogP contribution in [0.15, 0.2) is 53.7 Å². The molecule has 1 N–H and O–H groups in total. The zero-order valence-corrected chi connectivity index (χ0v) is 12.5. The van der Waals surface area contributed by atoms with Gasteiger partial charge in [0.2, 0.25) is 10.0 Å². The van der Waals surface area contributed by atoms with Crippen LogP contribution in [0.4, 0.5) is 0 Å². The first-order valence-electron chi connectivity index (χ1n) is 6.21. The quantitative estimate of drug-likeness (QED) is 0.843. The van der Waals surface area contributed by atoms with Gasteiger partial charge in [0.25, 0.3) is 0 Å². The van der Waals surface area contributed by atoms with Crippen molar-refractivity contribution in [3.8, 4) is 0 Å². The summed E-state index contributed by atoms with van der Waals surface area (Å²) in [6.07, 6.45) is 3.08. The third kappa shape index (κ3) is 3.50. The largest absolute Gasteiger partial charge is 0.468 e. The van der Waals surface area contributed by atoms with Crippen LogP contribution < -0.4 is 4.72 Å². The second kappa shape index (κ2) is 6.11. The van der Waals surface area contributed by atoms with Gasteiger partial charge in [-0.25, -0.2) is 13.2 Å². The Morgan fingerprint density at radius 3 is 2.43 bits per heavy atom. The minimum Gasteiger partial charge on any atom is -0.468 e. The lowest BCUT2D eigenvalue weighted by Crippen LogP contribution is -2.34. The average molecular weight is 308 g/mol. The van der Waals surface area contributed by atoms with Gasteiger partial charge in [-0.15, -0.1) is 0 Å². The van der Waals surface area contributed by atoms with Crippen LogP contribution in [-0.2, 0) is 26.6 Å². The van der Waals surface area contributed by atoms with Crippen LogP contribution in [0.1, 0.15) is 11.6 Å². The number of aromatic nitrogens is 1. The fraction of sp³-hybridized carbons (Fsp3) is 0.214. The van der Waals surface area contributed by atoms with Gasteiger partial charge in [0.05, 0.1) is 12.0 Å². The fourth-order valence-corrected chi connectivity index (χ4v) is 3.10. The highest BCUT2D eigenvalue weighted by atomic mass is 32.2. The van der Waals surface area contributed by atoms with Gasteiger partial charge in [-0.3, -0.25) is 0 Å². The van der Waals surface area contributed by atoms with E-state index >= 15 is 0 Å². The monoisotopic (exact) mass is 308 g/mol. The fourth-order valence-electron chi connectivity index (χ4n) is 1.88. The van der Waals surface area contributed by atoms with Crippen molar-refractivity contribution in [1.29, 1.82) is 0 Å². The Balaban J connectivity index is 2.34. The van der Waals surface area contributed by atoms with Crippen molar-refractivity contribution in [2.75, 3.05) is 7.11 Å². The summed E-state index contributed by atoms with van der Waals surface area (Å²) in [7, 11) is -0.880. The predicted octanol–water partition coefficient (Wildman–Crippen LogP) is 1.22. The molecule has 0 fully saturated rings. The van der Waals surface area contributed by atoms with Gasteiger partial charge in [-0.2, -0.15) is 4.72 Å². The van der Waals surface area contributed by atoms with E-state index in [2.05, 4.69) is 9.46 Å². The number of sulfonamides is 1. The van der Waals surface area contributed by atoms with Crippen LogP contribution >= 0.6 is 0 Å². The lowest BCUT2D eigenvalue weighted by atomic mass is 10.1. The molecule has 1 aromatic carbocycles. The summed E-state index contributed by atoms with van der Waals surface area (Å²) >= 11 is 0. The van der Waals surface area contributed by atoms with E-state index in [4.69, 9.17) is 0 Å². The lowest BCUT2D eigenvalue weighted by molar-refractivity contribution is -0.142. The Hall–Kier alpha value is -2.12. The van der Waals surface area contributed by atoms with Gasteiger partial charge in [-0.05, 0) is 11.6 Å². The minimum absolute atomic E-state index is 0.0924. The second-order valence-electron chi connectivity index (χ2n) is 4.50. The van der Waals surface area contributed by atoms with Crippen molar-refractivity contribution < 1.29 is 17.9 Å². The number of methoxy groups -OCH3 is 1. The number of carbonyl (C=O) groups excluding carboxylic acids is 1. The Labute approximate surface area is 123 Å². The van der Waals surface area contributed by atoms with E-state index in [-0.39, 0.29) is 4.90 Å². The van der Waals surface area contributed by atoms with Crippen molar-refractivity contribution >= 4 is 16.0 Å². The number of ether oxygens (including phenoxy) is 1. The summed E-state index contributed by atoms with van der Waals surface area (Å²) in [6.45, 7) is 0. The van der Waals surface area contributed by atoms with Crippen LogP contribution in [0, 0.1) is 0 Å². The molecule has 1 atom stereocenters. The lowest BCUT2D eigenvalue weighted by Gasteiger charge is -2.16. The van der Waals surface area contributed by atoms with Crippen molar-refractivity contribution in [1.82, 2.24) is 9.29 Å². The predicted molar refractivity (Wildman–Crippen MR) is 76.9 cm³/mol. The van der Waals surface area contributed by atoms with Gasteiger partial charge in [-0.1, -0.05) is 30.3 Å². The molecule has 0 aliphatic rings. The molecule has 21 heavy (non-hydrogen) atoms. The molecule has 2 rings (SSSR count). The van der Waals surface area contributed by atoms with E-state index < -0.39 is 22.0 Å². The van der Waals surface area contributed by atoms with E-state index in [9.17, 15) is 13.2 Å². The molecule has 0 aliphatic carbocycles. The van der Waals surface area contributed by atoms with E-state index in [0.29, 0.717) is 5.56 Å². The molecule has 0 amide bonds. The number of hydrogen-bond acceptors (Lipinski definition) is 4. The van der Waals surface area contributed by atoms with Gasteiger partial charge < -0.3 is 9.30 Å². The minimum atomic E-state index is -3.81. The molecular formula is C14H16N2O4S. The number of rotatable bonds is 5. The SMILES string of the molecule is COC(=O)C(NS(=O)(=O)c1ccn(C)c1)c1ccccc1. The highest BCUT2D eigenvalue weighted by Crippen LogP contribution is 2.18. The number of nitrogens with one attached hydrogen (secondary N) is 1. The molecule has 0 bridgehead atoms. The summed E-state index contributed by atoms with van der Waals surface area (Å²) in [5.74, 6) is -0.666. The maximum Gasteiger partial charge on any atom is 0.328 e. The Morgan fingerprint density at radius 2 is 1.90 bits per heavy atom.